The Morgan fingerprint density at radius 2 is 0.708 bits per heavy atom. The number of anilines is 3. The Bertz CT molecular complexity index is 3870. The Hall–Kier alpha value is -9.30. The van der Waals surface area contributed by atoms with E-state index in [-0.39, 0.29) is 0 Å². The molecular weight excluding hydrogens is 867 g/mol. The number of hydrogen-bond donors (Lipinski definition) is 0. The molecule has 1 aliphatic rings. The Labute approximate surface area is 422 Å². The highest BCUT2D eigenvalue weighted by atomic mass is 15.1. The van der Waals surface area contributed by atoms with Crippen LogP contribution in [0.25, 0.3) is 77.5 Å². The maximum atomic E-state index is 2.47. The van der Waals surface area contributed by atoms with Crippen LogP contribution in [-0.4, -0.2) is 0 Å². The molecule has 0 amide bonds. The standard InChI is InChI=1S/C71H49N/c1-4-22-51(23-5-1)60-33-12-13-35-63(60)66-37-16-19-41-70(66)72(69-40-18-15-34-62(69)55-27-20-26-54(48-55)61-38-21-25-52-24-10-11-32-59(52)61)58-45-42-50(43-46-58)53-44-47-65-64-36-14-17-39-67(64)71(68(65)49-53,56-28-6-2-7-29-56)57-30-8-3-9-31-57/h1-49H. The average Bonchev–Trinajstić information content (AvgIpc) is 3.76. The number of hydrogen-bond acceptors (Lipinski definition) is 1. The lowest BCUT2D eigenvalue weighted by Gasteiger charge is -2.34. The molecule has 338 valence electrons. The van der Waals surface area contributed by atoms with Gasteiger partial charge in [0.05, 0.1) is 16.8 Å². The molecule has 0 radical (unpaired) electrons. The highest BCUT2D eigenvalue weighted by molar-refractivity contribution is 6.00. The van der Waals surface area contributed by atoms with Crippen molar-refractivity contribution >= 4 is 27.8 Å². The molecule has 0 saturated carbocycles. The lowest BCUT2D eigenvalue weighted by Crippen LogP contribution is -2.28. The Morgan fingerprint density at radius 1 is 0.236 bits per heavy atom. The van der Waals surface area contributed by atoms with Gasteiger partial charge in [-0.2, -0.15) is 0 Å². The summed E-state index contributed by atoms with van der Waals surface area (Å²) in [6, 6.07) is 109. The zero-order chi connectivity index (χ0) is 47.8. The Kier molecular flexibility index (Phi) is 10.8. The van der Waals surface area contributed by atoms with Gasteiger partial charge in [0.1, 0.15) is 0 Å². The summed E-state index contributed by atoms with van der Waals surface area (Å²) in [5.41, 5.74) is 22.2. The summed E-state index contributed by atoms with van der Waals surface area (Å²) >= 11 is 0. The minimum Gasteiger partial charge on any atom is -0.309 e. The minimum absolute atomic E-state index is 0.477. The SMILES string of the molecule is c1ccc(-c2ccccc2-c2ccccc2N(c2ccc(-c3ccc4c(c3)C(c3ccccc3)(c3ccccc3)c3ccccc3-4)cc2)c2ccccc2-c2cccc(-c3cccc4ccccc34)c2)cc1. The van der Waals surface area contributed by atoms with Crippen LogP contribution >= 0.6 is 0 Å². The van der Waals surface area contributed by atoms with Gasteiger partial charge in [0, 0.05) is 16.8 Å². The zero-order valence-corrected chi connectivity index (χ0v) is 39.7. The topological polar surface area (TPSA) is 3.24 Å². The predicted molar refractivity (Wildman–Crippen MR) is 303 cm³/mol. The molecule has 0 atom stereocenters. The van der Waals surface area contributed by atoms with Gasteiger partial charge in [0.25, 0.3) is 0 Å². The van der Waals surface area contributed by atoms with Crippen LogP contribution in [0.1, 0.15) is 22.3 Å². The molecule has 0 bridgehead atoms. The highest BCUT2D eigenvalue weighted by Crippen LogP contribution is 2.57. The predicted octanol–water partition coefficient (Wildman–Crippen LogP) is 19.0. The summed E-state index contributed by atoms with van der Waals surface area (Å²) in [6.07, 6.45) is 0. The molecule has 0 aromatic heterocycles. The largest absolute Gasteiger partial charge is 0.309 e. The fourth-order valence-corrected chi connectivity index (χ4v) is 11.6. The first-order valence-corrected chi connectivity index (χ1v) is 24.9. The molecule has 1 nitrogen and oxygen atoms in total. The van der Waals surface area contributed by atoms with Gasteiger partial charge in [0.15, 0.2) is 0 Å². The van der Waals surface area contributed by atoms with Gasteiger partial charge in [-0.1, -0.05) is 261 Å². The zero-order valence-electron chi connectivity index (χ0n) is 39.7. The van der Waals surface area contributed by atoms with Crippen molar-refractivity contribution in [2.75, 3.05) is 4.90 Å². The van der Waals surface area contributed by atoms with E-state index in [4.69, 9.17) is 0 Å². The third-order valence-corrected chi connectivity index (χ3v) is 14.8. The van der Waals surface area contributed by atoms with E-state index in [1.165, 1.54) is 77.5 Å². The third kappa shape index (κ3) is 7.25. The lowest BCUT2D eigenvalue weighted by atomic mass is 9.67. The normalized spacial score (nSPS) is 12.3. The molecule has 1 heteroatoms. The number of para-hydroxylation sites is 2. The van der Waals surface area contributed by atoms with Gasteiger partial charge in [-0.15, -0.1) is 0 Å². The molecule has 0 aliphatic heterocycles. The van der Waals surface area contributed by atoms with Crippen molar-refractivity contribution in [3.63, 3.8) is 0 Å². The van der Waals surface area contributed by atoms with Crippen molar-refractivity contribution in [3.05, 3.63) is 320 Å². The van der Waals surface area contributed by atoms with Crippen LogP contribution in [0.5, 0.6) is 0 Å². The van der Waals surface area contributed by atoms with Crippen LogP contribution in [0, 0.1) is 0 Å². The van der Waals surface area contributed by atoms with Crippen molar-refractivity contribution in [3.8, 4) is 66.8 Å². The first-order chi connectivity index (χ1) is 35.7. The lowest BCUT2D eigenvalue weighted by molar-refractivity contribution is 0.769. The molecular formula is C71H49N. The van der Waals surface area contributed by atoms with Crippen LogP contribution in [0.4, 0.5) is 17.1 Å². The van der Waals surface area contributed by atoms with Gasteiger partial charge in [-0.25, -0.2) is 0 Å². The maximum absolute atomic E-state index is 2.47. The monoisotopic (exact) mass is 915 g/mol. The number of benzene rings is 12. The molecule has 0 unspecified atom stereocenters. The number of rotatable bonds is 10. The first-order valence-electron chi connectivity index (χ1n) is 24.9. The number of nitrogens with zero attached hydrogens (tertiary/aromatic N) is 1. The molecule has 1 aliphatic carbocycles. The second-order valence-corrected chi connectivity index (χ2v) is 18.7. The van der Waals surface area contributed by atoms with Gasteiger partial charge >= 0.3 is 0 Å². The van der Waals surface area contributed by atoms with Crippen molar-refractivity contribution in [1.29, 1.82) is 0 Å². The molecule has 0 spiro atoms. The van der Waals surface area contributed by atoms with Crippen LogP contribution in [-0.2, 0) is 5.41 Å². The van der Waals surface area contributed by atoms with E-state index >= 15 is 0 Å². The summed E-state index contributed by atoms with van der Waals surface area (Å²) < 4.78 is 0. The quantitative estimate of drug-likeness (QED) is 0.132. The smallest absolute Gasteiger partial charge is 0.0713 e. The van der Waals surface area contributed by atoms with Crippen molar-refractivity contribution < 1.29 is 0 Å². The van der Waals surface area contributed by atoms with E-state index in [1.54, 1.807) is 0 Å². The average molecular weight is 916 g/mol. The van der Waals surface area contributed by atoms with Gasteiger partial charge in [0.2, 0.25) is 0 Å². The number of fused-ring (bicyclic) bond motifs is 4. The molecule has 12 aromatic rings. The van der Waals surface area contributed by atoms with Crippen LogP contribution in [0.15, 0.2) is 297 Å². The summed E-state index contributed by atoms with van der Waals surface area (Å²) in [4.78, 5) is 2.47. The second kappa shape index (κ2) is 18.2. The minimum atomic E-state index is -0.477. The fraction of sp³-hybridized carbons (Fsp3) is 0.0141. The molecule has 72 heavy (non-hydrogen) atoms. The molecule has 13 rings (SSSR count). The molecule has 0 fully saturated rings. The van der Waals surface area contributed by atoms with E-state index in [1.807, 2.05) is 0 Å². The van der Waals surface area contributed by atoms with E-state index in [9.17, 15) is 0 Å². The van der Waals surface area contributed by atoms with Crippen molar-refractivity contribution in [2.24, 2.45) is 0 Å². The van der Waals surface area contributed by atoms with Crippen molar-refractivity contribution in [1.82, 2.24) is 0 Å². The first kappa shape index (κ1) is 42.8. The summed E-state index contributed by atoms with van der Waals surface area (Å²) in [6.45, 7) is 0. The molecule has 0 saturated heterocycles. The van der Waals surface area contributed by atoms with Gasteiger partial charge < -0.3 is 4.90 Å². The van der Waals surface area contributed by atoms with Crippen molar-refractivity contribution in [2.45, 2.75) is 5.41 Å². The summed E-state index contributed by atoms with van der Waals surface area (Å²) in [5, 5.41) is 2.48. The van der Waals surface area contributed by atoms with Gasteiger partial charge in [-0.3, -0.25) is 0 Å². The summed E-state index contributed by atoms with van der Waals surface area (Å²) in [5.74, 6) is 0. The highest BCUT2D eigenvalue weighted by Gasteiger charge is 2.46. The van der Waals surface area contributed by atoms with E-state index in [0.717, 1.165) is 39.3 Å². The molecule has 0 N–H and O–H groups in total. The van der Waals surface area contributed by atoms with E-state index in [2.05, 4.69) is 302 Å². The second-order valence-electron chi connectivity index (χ2n) is 18.7. The maximum Gasteiger partial charge on any atom is 0.0713 e. The van der Waals surface area contributed by atoms with E-state index in [0.29, 0.717) is 0 Å². The van der Waals surface area contributed by atoms with Gasteiger partial charge in [-0.05, 0) is 125 Å². The third-order valence-electron chi connectivity index (χ3n) is 14.8. The van der Waals surface area contributed by atoms with Crippen LogP contribution in [0.2, 0.25) is 0 Å². The fourth-order valence-electron chi connectivity index (χ4n) is 11.6. The molecule has 0 heterocycles. The van der Waals surface area contributed by atoms with E-state index < -0.39 is 5.41 Å². The van der Waals surface area contributed by atoms with Crippen LogP contribution < -0.4 is 4.90 Å². The van der Waals surface area contributed by atoms with Crippen LogP contribution in [0.3, 0.4) is 0 Å². The molecule has 12 aromatic carbocycles. The Balaban J connectivity index is 0.980. The Morgan fingerprint density at radius 3 is 1.43 bits per heavy atom. The summed E-state index contributed by atoms with van der Waals surface area (Å²) in [7, 11) is 0.